The van der Waals surface area contributed by atoms with Gasteiger partial charge < -0.3 is 10.1 Å². The van der Waals surface area contributed by atoms with Crippen molar-refractivity contribution in [2.75, 3.05) is 5.32 Å². The van der Waals surface area contributed by atoms with Crippen LogP contribution in [0.15, 0.2) is 36.4 Å². The van der Waals surface area contributed by atoms with Crippen LogP contribution in [0.5, 0.6) is 5.75 Å². The number of hydrogen-bond acceptors (Lipinski definition) is 2. The van der Waals surface area contributed by atoms with E-state index in [4.69, 9.17) is 4.74 Å². The van der Waals surface area contributed by atoms with Crippen LogP contribution in [-0.4, -0.2) is 12.0 Å². The van der Waals surface area contributed by atoms with Gasteiger partial charge in [0.25, 0.3) is 5.91 Å². The number of hydrogen-bond donors (Lipinski definition) is 1. The third kappa shape index (κ3) is 3.88. The Kier molecular flexibility index (Phi) is 4.86. The molecule has 1 unspecified atom stereocenters. The third-order valence-corrected chi connectivity index (χ3v) is 3.93. The first-order valence-electron chi connectivity index (χ1n) is 7.49. The average molecular weight is 297 g/mol. The molecular formula is C19H23NO2. The van der Waals surface area contributed by atoms with E-state index in [1.54, 1.807) is 6.92 Å². The van der Waals surface area contributed by atoms with Crippen molar-refractivity contribution in [2.24, 2.45) is 0 Å². The van der Waals surface area contributed by atoms with E-state index in [0.717, 1.165) is 16.8 Å². The van der Waals surface area contributed by atoms with Crippen LogP contribution < -0.4 is 10.1 Å². The third-order valence-electron chi connectivity index (χ3n) is 3.93. The van der Waals surface area contributed by atoms with E-state index in [9.17, 15) is 4.79 Å². The molecule has 0 saturated heterocycles. The molecule has 2 rings (SSSR count). The highest BCUT2D eigenvalue weighted by Crippen LogP contribution is 2.19. The SMILES string of the molecule is Cc1ccc(NC(=O)C(C)Oc2ccc(C)c(C)c2)cc1C. The summed E-state index contributed by atoms with van der Waals surface area (Å²) >= 11 is 0. The minimum atomic E-state index is -0.552. The maximum Gasteiger partial charge on any atom is 0.265 e. The van der Waals surface area contributed by atoms with E-state index >= 15 is 0 Å². The van der Waals surface area contributed by atoms with Crippen molar-refractivity contribution < 1.29 is 9.53 Å². The molecule has 0 aliphatic rings. The molecule has 0 aliphatic carbocycles. The van der Waals surface area contributed by atoms with Gasteiger partial charge >= 0.3 is 0 Å². The normalized spacial score (nSPS) is 11.9. The molecule has 2 aromatic carbocycles. The number of nitrogens with one attached hydrogen (secondary N) is 1. The average Bonchev–Trinajstić information content (AvgIpc) is 2.46. The van der Waals surface area contributed by atoms with Crippen LogP contribution in [0.25, 0.3) is 0 Å². The summed E-state index contributed by atoms with van der Waals surface area (Å²) in [5.74, 6) is 0.562. The number of benzene rings is 2. The molecule has 0 saturated carbocycles. The highest BCUT2D eigenvalue weighted by Gasteiger charge is 2.15. The number of amides is 1. The summed E-state index contributed by atoms with van der Waals surface area (Å²) in [6, 6.07) is 11.7. The summed E-state index contributed by atoms with van der Waals surface area (Å²) in [7, 11) is 0. The van der Waals surface area contributed by atoms with Crippen LogP contribution in [0.2, 0.25) is 0 Å². The molecule has 0 aromatic heterocycles. The minimum absolute atomic E-state index is 0.151. The molecule has 0 bridgehead atoms. The molecule has 116 valence electrons. The second kappa shape index (κ2) is 6.65. The van der Waals surface area contributed by atoms with E-state index in [1.807, 2.05) is 57.2 Å². The van der Waals surface area contributed by atoms with E-state index in [2.05, 4.69) is 12.2 Å². The first kappa shape index (κ1) is 16.1. The lowest BCUT2D eigenvalue weighted by Gasteiger charge is -2.16. The van der Waals surface area contributed by atoms with Crippen molar-refractivity contribution in [3.8, 4) is 5.75 Å². The Morgan fingerprint density at radius 2 is 1.50 bits per heavy atom. The zero-order valence-corrected chi connectivity index (χ0v) is 13.9. The quantitative estimate of drug-likeness (QED) is 0.912. The fraction of sp³-hybridized carbons (Fsp3) is 0.316. The standard InChI is InChI=1S/C19H23NO2/c1-12-6-8-17(10-14(12)3)20-19(21)16(5)22-18-9-7-13(2)15(4)11-18/h6-11,16H,1-5H3,(H,20,21). The van der Waals surface area contributed by atoms with Gasteiger partial charge in [-0.1, -0.05) is 12.1 Å². The van der Waals surface area contributed by atoms with Crippen LogP contribution >= 0.6 is 0 Å². The number of anilines is 1. The number of ether oxygens (including phenoxy) is 1. The molecule has 1 atom stereocenters. The Labute approximate surface area is 132 Å². The van der Waals surface area contributed by atoms with Gasteiger partial charge in [0.1, 0.15) is 5.75 Å². The lowest BCUT2D eigenvalue weighted by molar-refractivity contribution is -0.122. The monoisotopic (exact) mass is 297 g/mol. The van der Waals surface area contributed by atoms with Crippen molar-refractivity contribution in [3.05, 3.63) is 58.7 Å². The molecule has 0 aliphatic heterocycles. The van der Waals surface area contributed by atoms with Gasteiger partial charge in [0, 0.05) is 5.69 Å². The highest BCUT2D eigenvalue weighted by molar-refractivity contribution is 5.94. The largest absolute Gasteiger partial charge is 0.481 e. The molecule has 0 heterocycles. The summed E-state index contributed by atoms with van der Waals surface area (Å²) in [4.78, 5) is 12.2. The Balaban J connectivity index is 2.02. The van der Waals surface area contributed by atoms with Gasteiger partial charge in [-0.2, -0.15) is 0 Å². The van der Waals surface area contributed by atoms with Gasteiger partial charge in [-0.25, -0.2) is 0 Å². The first-order valence-corrected chi connectivity index (χ1v) is 7.49. The smallest absolute Gasteiger partial charge is 0.265 e. The van der Waals surface area contributed by atoms with Gasteiger partial charge in [0.15, 0.2) is 6.10 Å². The molecule has 22 heavy (non-hydrogen) atoms. The van der Waals surface area contributed by atoms with E-state index in [0.29, 0.717) is 5.75 Å². The molecular weight excluding hydrogens is 274 g/mol. The van der Waals surface area contributed by atoms with E-state index in [-0.39, 0.29) is 5.91 Å². The summed E-state index contributed by atoms with van der Waals surface area (Å²) in [5.41, 5.74) is 5.51. The van der Waals surface area contributed by atoms with Crippen molar-refractivity contribution >= 4 is 11.6 Å². The number of aryl methyl sites for hydroxylation is 4. The van der Waals surface area contributed by atoms with E-state index < -0.39 is 6.10 Å². The zero-order valence-electron chi connectivity index (χ0n) is 13.9. The van der Waals surface area contributed by atoms with Gasteiger partial charge in [-0.05, 0) is 81.1 Å². The van der Waals surface area contributed by atoms with Crippen molar-refractivity contribution in [2.45, 2.75) is 40.7 Å². The predicted molar refractivity (Wildman–Crippen MR) is 90.6 cm³/mol. The minimum Gasteiger partial charge on any atom is -0.481 e. The zero-order chi connectivity index (χ0) is 16.3. The molecule has 2 aromatic rings. The van der Waals surface area contributed by atoms with Crippen molar-refractivity contribution in [1.29, 1.82) is 0 Å². The van der Waals surface area contributed by atoms with E-state index in [1.165, 1.54) is 11.1 Å². The van der Waals surface area contributed by atoms with Crippen LogP contribution in [0.4, 0.5) is 5.69 Å². The fourth-order valence-corrected chi connectivity index (χ4v) is 2.11. The second-order valence-corrected chi connectivity index (χ2v) is 5.79. The van der Waals surface area contributed by atoms with Crippen LogP contribution in [-0.2, 0) is 4.79 Å². The van der Waals surface area contributed by atoms with Gasteiger partial charge in [-0.15, -0.1) is 0 Å². The van der Waals surface area contributed by atoms with Crippen molar-refractivity contribution in [1.82, 2.24) is 0 Å². The fourth-order valence-electron chi connectivity index (χ4n) is 2.11. The lowest BCUT2D eigenvalue weighted by Crippen LogP contribution is -2.30. The molecule has 1 amide bonds. The molecule has 1 N–H and O–H groups in total. The van der Waals surface area contributed by atoms with Crippen molar-refractivity contribution in [3.63, 3.8) is 0 Å². The predicted octanol–water partition coefficient (Wildman–Crippen LogP) is 4.33. The number of carbonyl (C=O) groups excluding carboxylic acids is 1. The van der Waals surface area contributed by atoms with Crippen LogP contribution in [0, 0.1) is 27.7 Å². The molecule has 3 nitrogen and oxygen atoms in total. The maximum absolute atomic E-state index is 12.2. The Hall–Kier alpha value is -2.29. The van der Waals surface area contributed by atoms with Crippen LogP contribution in [0.1, 0.15) is 29.2 Å². The number of carbonyl (C=O) groups is 1. The summed E-state index contributed by atoms with van der Waals surface area (Å²) in [6.45, 7) is 9.91. The summed E-state index contributed by atoms with van der Waals surface area (Å²) in [6.07, 6.45) is -0.552. The lowest BCUT2D eigenvalue weighted by atomic mass is 10.1. The molecule has 0 spiro atoms. The summed E-state index contributed by atoms with van der Waals surface area (Å²) < 4.78 is 5.73. The van der Waals surface area contributed by atoms with Gasteiger partial charge in [-0.3, -0.25) is 4.79 Å². The molecule has 3 heteroatoms. The Bertz CT molecular complexity index is 692. The number of rotatable bonds is 4. The molecule has 0 fully saturated rings. The van der Waals surface area contributed by atoms with Gasteiger partial charge in [0.05, 0.1) is 0 Å². The first-order chi connectivity index (χ1) is 10.4. The Morgan fingerprint density at radius 1 is 0.909 bits per heavy atom. The second-order valence-electron chi connectivity index (χ2n) is 5.79. The molecule has 0 radical (unpaired) electrons. The van der Waals surface area contributed by atoms with Crippen LogP contribution in [0.3, 0.4) is 0 Å². The highest BCUT2D eigenvalue weighted by atomic mass is 16.5. The summed E-state index contributed by atoms with van der Waals surface area (Å²) in [5, 5.41) is 2.89. The van der Waals surface area contributed by atoms with Gasteiger partial charge in [0.2, 0.25) is 0 Å². The maximum atomic E-state index is 12.2. The topological polar surface area (TPSA) is 38.3 Å². The Morgan fingerprint density at radius 3 is 2.09 bits per heavy atom.